The zero-order chi connectivity index (χ0) is 21.9. The van der Waals surface area contributed by atoms with Crippen molar-refractivity contribution in [3.05, 3.63) is 82.1 Å². The van der Waals surface area contributed by atoms with E-state index in [1.54, 1.807) is 12.1 Å². The molecule has 0 radical (unpaired) electrons. The fraction of sp³-hybridized carbons (Fsp3) is 0.0500. The van der Waals surface area contributed by atoms with Crippen LogP contribution < -0.4 is 14.8 Å². The van der Waals surface area contributed by atoms with Crippen LogP contribution in [0, 0.1) is 5.82 Å². The monoisotopic (exact) mass is 468 g/mol. The number of hydrogen-bond acceptors (Lipinski definition) is 4. The molecule has 156 valence electrons. The Morgan fingerprint density at radius 2 is 1.60 bits per heavy atom. The molecule has 0 atom stereocenters. The number of methoxy groups -OCH3 is 1. The molecule has 0 fully saturated rings. The van der Waals surface area contributed by atoms with Gasteiger partial charge in [-0.3, -0.25) is 9.52 Å². The first-order valence-electron chi connectivity index (χ1n) is 8.42. The van der Waals surface area contributed by atoms with Crippen molar-refractivity contribution in [2.45, 2.75) is 4.90 Å². The zero-order valence-electron chi connectivity index (χ0n) is 15.4. The molecule has 0 aliphatic rings. The van der Waals surface area contributed by atoms with Crippen LogP contribution in [-0.4, -0.2) is 21.4 Å². The van der Waals surface area contributed by atoms with Crippen molar-refractivity contribution in [1.82, 2.24) is 0 Å². The first kappa shape index (κ1) is 21.9. The van der Waals surface area contributed by atoms with Crippen LogP contribution in [0.15, 0.2) is 65.6 Å². The summed E-state index contributed by atoms with van der Waals surface area (Å²) in [6, 6.07) is 13.3. The Bertz CT molecular complexity index is 1200. The van der Waals surface area contributed by atoms with Gasteiger partial charge >= 0.3 is 0 Å². The van der Waals surface area contributed by atoms with E-state index < -0.39 is 21.7 Å². The maximum Gasteiger partial charge on any atom is 0.263 e. The lowest BCUT2D eigenvalue weighted by Crippen LogP contribution is -2.16. The Morgan fingerprint density at radius 3 is 2.23 bits per heavy atom. The number of benzene rings is 3. The average Bonchev–Trinajstić information content (AvgIpc) is 2.70. The quantitative estimate of drug-likeness (QED) is 0.520. The molecule has 10 heteroatoms. The molecule has 0 aromatic heterocycles. The number of hydrogen-bond donors (Lipinski definition) is 2. The number of amides is 1. The van der Waals surface area contributed by atoms with Crippen LogP contribution in [-0.2, 0) is 10.0 Å². The molecule has 0 spiro atoms. The number of rotatable bonds is 6. The molecule has 0 aliphatic carbocycles. The molecule has 3 aromatic carbocycles. The van der Waals surface area contributed by atoms with Crippen molar-refractivity contribution in [3.63, 3.8) is 0 Å². The van der Waals surface area contributed by atoms with E-state index in [1.165, 1.54) is 37.4 Å². The van der Waals surface area contributed by atoms with Crippen molar-refractivity contribution >= 4 is 50.5 Å². The fourth-order valence-electron chi connectivity index (χ4n) is 2.53. The lowest BCUT2D eigenvalue weighted by atomic mass is 10.2. The molecule has 0 saturated carbocycles. The highest BCUT2D eigenvalue weighted by molar-refractivity contribution is 7.92. The van der Waals surface area contributed by atoms with Gasteiger partial charge in [0.2, 0.25) is 0 Å². The van der Waals surface area contributed by atoms with E-state index in [-0.39, 0.29) is 21.2 Å². The Balaban J connectivity index is 1.85. The molecule has 3 aromatic rings. The minimum atomic E-state index is -4.12. The minimum Gasteiger partial charge on any atom is -0.495 e. The van der Waals surface area contributed by atoms with Crippen LogP contribution in [0.3, 0.4) is 0 Å². The highest BCUT2D eigenvalue weighted by Gasteiger charge is 2.21. The Hall–Kier alpha value is -2.81. The maximum absolute atomic E-state index is 13.0. The first-order valence-corrected chi connectivity index (χ1v) is 10.7. The Morgan fingerprint density at radius 1 is 0.933 bits per heavy atom. The molecule has 1 amide bonds. The van der Waals surface area contributed by atoms with Gasteiger partial charge in [-0.25, -0.2) is 12.8 Å². The molecule has 0 aliphatic heterocycles. The van der Waals surface area contributed by atoms with Crippen LogP contribution in [0.2, 0.25) is 10.0 Å². The maximum atomic E-state index is 13.0. The summed E-state index contributed by atoms with van der Waals surface area (Å²) in [5, 5.41) is 2.85. The zero-order valence-corrected chi connectivity index (χ0v) is 17.8. The van der Waals surface area contributed by atoms with Gasteiger partial charge in [0, 0.05) is 16.9 Å². The molecule has 0 bridgehead atoms. The second kappa shape index (κ2) is 8.91. The van der Waals surface area contributed by atoms with Gasteiger partial charge in [-0.15, -0.1) is 0 Å². The summed E-state index contributed by atoms with van der Waals surface area (Å²) in [4.78, 5) is 12.3. The fourth-order valence-corrected chi connectivity index (χ4v) is 4.37. The van der Waals surface area contributed by atoms with E-state index in [9.17, 15) is 17.6 Å². The summed E-state index contributed by atoms with van der Waals surface area (Å²) in [5.74, 6) is -0.624. The predicted octanol–water partition coefficient (Wildman–Crippen LogP) is 5.19. The van der Waals surface area contributed by atoms with E-state index in [0.717, 1.165) is 18.2 Å². The highest BCUT2D eigenvalue weighted by Crippen LogP contribution is 2.28. The van der Waals surface area contributed by atoms with Gasteiger partial charge in [0.05, 0.1) is 17.2 Å². The number of nitrogens with one attached hydrogen (secondary N) is 2. The third-order valence-electron chi connectivity index (χ3n) is 3.99. The first-order chi connectivity index (χ1) is 14.2. The molecular weight excluding hydrogens is 454 g/mol. The molecule has 6 nitrogen and oxygen atoms in total. The van der Waals surface area contributed by atoms with Crippen LogP contribution in [0.5, 0.6) is 5.75 Å². The topological polar surface area (TPSA) is 84.5 Å². The van der Waals surface area contributed by atoms with Crippen LogP contribution in [0.1, 0.15) is 10.4 Å². The summed E-state index contributed by atoms with van der Waals surface area (Å²) in [6.07, 6.45) is 0. The van der Waals surface area contributed by atoms with Gasteiger partial charge < -0.3 is 10.1 Å². The van der Waals surface area contributed by atoms with Crippen LogP contribution in [0.4, 0.5) is 15.8 Å². The lowest BCUT2D eigenvalue weighted by Gasteiger charge is -2.12. The Labute approximate surface area is 182 Å². The summed E-state index contributed by atoms with van der Waals surface area (Å²) < 4.78 is 45.8. The summed E-state index contributed by atoms with van der Waals surface area (Å²) in [7, 11) is -2.66. The van der Waals surface area contributed by atoms with E-state index in [0.29, 0.717) is 16.5 Å². The summed E-state index contributed by atoms with van der Waals surface area (Å²) in [5.41, 5.74) is 0.607. The molecule has 0 heterocycles. The Kier molecular flexibility index (Phi) is 6.50. The standard InChI is InChI=1S/C20H15Cl2FN2O4S/c1-29-18-9-7-15(11-17(18)22)24-20(26)12-2-8-16(21)19(10-12)30(27,28)25-14-5-3-13(23)4-6-14/h2-11,25H,1H3,(H,24,26). The number of sulfonamides is 1. The van der Waals surface area contributed by atoms with Gasteiger partial charge in [0.15, 0.2) is 0 Å². The van der Waals surface area contributed by atoms with Crippen molar-refractivity contribution < 1.29 is 22.3 Å². The normalized spacial score (nSPS) is 11.1. The third-order valence-corrected chi connectivity index (χ3v) is 6.15. The van der Waals surface area contributed by atoms with Gasteiger partial charge in [0.1, 0.15) is 16.5 Å². The van der Waals surface area contributed by atoms with Crippen LogP contribution in [0.25, 0.3) is 0 Å². The average molecular weight is 469 g/mol. The molecule has 2 N–H and O–H groups in total. The van der Waals surface area contributed by atoms with Gasteiger partial charge in [-0.05, 0) is 60.7 Å². The summed E-state index contributed by atoms with van der Waals surface area (Å²) in [6.45, 7) is 0. The molecule has 30 heavy (non-hydrogen) atoms. The van der Waals surface area contributed by atoms with E-state index in [2.05, 4.69) is 10.0 Å². The second-order valence-electron chi connectivity index (χ2n) is 6.06. The smallest absolute Gasteiger partial charge is 0.263 e. The van der Waals surface area contributed by atoms with E-state index in [4.69, 9.17) is 27.9 Å². The predicted molar refractivity (Wildman–Crippen MR) is 115 cm³/mol. The largest absolute Gasteiger partial charge is 0.495 e. The highest BCUT2D eigenvalue weighted by atomic mass is 35.5. The number of halogens is 3. The SMILES string of the molecule is COc1ccc(NC(=O)c2ccc(Cl)c(S(=O)(=O)Nc3ccc(F)cc3)c2)cc1Cl. The van der Waals surface area contributed by atoms with E-state index in [1.807, 2.05) is 0 Å². The minimum absolute atomic E-state index is 0.0609. The van der Waals surface area contributed by atoms with Gasteiger partial charge in [-0.2, -0.15) is 0 Å². The van der Waals surface area contributed by atoms with Crippen molar-refractivity contribution in [3.8, 4) is 5.75 Å². The third kappa shape index (κ3) is 5.02. The molecular formula is C20H15Cl2FN2O4S. The van der Waals surface area contributed by atoms with Crippen molar-refractivity contribution in [2.24, 2.45) is 0 Å². The van der Waals surface area contributed by atoms with Crippen LogP contribution >= 0.6 is 23.2 Å². The van der Waals surface area contributed by atoms with Gasteiger partial charge in [0.25, 0.3) is 15.9 Å². The molecule has 0 saturated heterocycles. The van der Waals surface area contributed by atoms with E-state index >= 15 is 0 Å². The number of ether oxygens (including phenoxy) is 1. The van der Waals surface area contributed by atoms with Crippen molar-refractivity contribution in [2.75, 3.05) is 17.1 Å². The second-order valence-corrected chi connectivity index (χ2v) is 8.53. The van der Waals surface area contributed by atoms with Crippen molar-refractivity contribution in [1.29, 1.82) is 0 Å². The summed E-state index contributed by atoms with van der Waals surface area (Å²) >= 11 is 12.1. The number of carbonyl (C=O) groups excluding carboxylic acids is 1. The number of anilines is 2. The lowest BCUT2D eigenvalue weighted by molar-refractivity contribution is 0.102. The molecule has 0 unspecified atom stereocenters. The molecule has 3 rings (SSSR count). The number of carbonyl (C=O) groups is 1. The van der Waals surface area contributed by atoms with Gasteiger partial charge in [-0.1, -0.05) is 23.2 Å².